The molecule has 0 bridgehead atoms. The lowest BCUT2D eigenvalue weighted by molar-refractivity contribution is -0.156. The number of carbonyl (C=O) groups is 2. The largest absolute Gasteiger partial charge is 0.490 e. The maximum Gasteiger partial charge on any atom is 0.380 e. The van der Waals surface area contributed by atoms with Crippen molar-refractivity contribution >= 4 is 11.9 Å². The van der Waals surface area contributed by atoms with Crippen molar-refractivity contribution in [2.24, 2.45) is 0 Å². The smallest absolute Gasteiger partial charge is 0.380 e. The average Bonchev–Trinajstić information content (AvgIpc) is 2.14. The summed E-state index contributed by atoms with van der Waals surface area (Å²) in [5.74, 6) is -1.84. The van der Waals surface area contributed by atoms with Crippen LogP contribution < -0.4 is 0 Å². The number of methoxy groups -OCH3 is 1. The normalized spacial score (nSPS) is 8.77. The Bertz CT molecular complexity index is 226. The van der Waals surface area contributed by atoms with E-state index in [1.54, 1.807) is 6.92 Å². The monoisotopic (exact) mass is 184 g/mol. The average molecular weight is 184 g/mol. The molecule has 0 atom stereocenters. The van der Waals surface area contributed by atoms with Crippen molar-refractivity contribution in [3.8, 4) is 0 Å². The molecule has 0 saturated carbocycles. The molecule has 0 aliphatic carbocycles. The highest BCUT2D eigenvalue weighted by molar-refractivity contribution is 6.00. The molecule has 0 aromatic carbocycles. The molecule has 0 aromatic rings. The van der Waals surface area contributed by atoms with Crippen molar-refractivity contribution in [3.63, 3.8) is 0 Å². The second-order valence-electron chi connectivity index (χ2n) is 2.26. The fourth-order valence-corrected chi connectivity index (χ4v) is 0.441. The zero-order valence-corrected chi connectivity index (χ0v) is 7.75. The van der Waals surface area contributed by atoms with E-state index in [0.29, 0.717) is 6.42 Å². The van der Waals surface area contributed by atoms with E-state index in [2.05, 4.69) is 22.6 Å². The maximum atomic E-state index is 11.0. The number of hydrogen-bond acceptors (Lipinski definition) is 4. The lowest BCUT2D eigenvalue weighted by atomic mass is 10.2. The van der Waals surface area contributed by atoms with Crippen LogP contribution in [0.25, 0.3) is 0 Å². The SMILES string of the molecule is C=C(CC)C(=O)OC(=O)C(=C)OC. The molecule has 0 N–H and O–H groups in total. The van der Waals surface area contributed by atoms with Crippen molar-refractivity contribution in [3.05, 3.63) is 24.5 Å². The van der Waals surface area contributed by atoms with Crippen molar-refractivity contribution in [1.82, 2.24) is 0 Å². The standard InChI is InChI=1S/C9H12O4/c1-5-6(2)8(10)13-9(11)7(3)12-4/h2-3,5H2,1,4H3. The predicted octanol–water partition coefficient (Wildman–Crippen LogP) is 1.18. The summed E-state index contributed by atoms with van der Waals surface area (Å²) in [6.45, 7) is 8.38. The molecule has 4 nitrogen and oxygen atoms in total. The van der Waals surface area contributed by atoms with Crippen LogP contribution in [-0.2, 0) is 19.1 Å². The first-order chi connectivity index (χ1) is 6.02. The van der Waals surface area contributed by atoms with E-state index in [-0.39, 0.29) is 11.3 Å². The van der Waals surface area contributed by atoms with E-state index in [9.17, 15) is 9.59 Å². The summed E-state index contributed by atoms with van der Waals surface area (Å²) in [6.07, 6.45) is 0.436. The molecule has 0 unspecified atom stereocenters. The van der Waals surface area contributed by atoms with Crippen molar-refractivity contribution < 1.29 is 19.1 Å². The third-order valence-corrected chi connectivity index (χ3v) is 1.37. The molecule has 0 fully saturated rings. The number of hydrogen-bond donors (Lipinski definition) is 0. The molecule has 0 amide bonds. The summed E-state index contributed by atoms with van der Waals surface area (Å²) in [5.41, 5.74) is 0.234. The Morgan fingerprint density at radius 1 is 1.23 bits per heavy atom. The quantitative estimate of drug-likeness (QED) is 0.285. The molecule has 72 valence electrons. The van der Waals surface area contributed by atoms with Crippen LogP contribution in [0.15, 0.2) is 24.5 Å². The summed E-state index contributed by atoms with van der Waals surface area (Å²) in [4.78, 5) is 21.9. The Morgan fingerprint density at radius 3 is 2.15 bits per heavy atom. The van der Waals surface area contributed by atoms with Crippen molar-refractivity contribution in [1.29, 1.82) is 0 Å². The van der Waals surface area contributed by atoms with Crippen LogP contribution in [0.1, 0.15) is 13.3 Å². The van der Waals surface area contributed by atoms with Crippen LogP contribution in [0.2, 0.25) is 0 Å². The zero-order valence-electron chi connectivity index (χ0n) is 7.75. The maximum absolute atomic E-state index is 11.0. The Labute approximate surface area is 76.8 Å². The number of carbonyl (C=O) groups excluding carboxylic acids is 2. The highest BCUT2D eigenvalue weighted by atomic mass is 16.6. The van der Waals surface area contributed by atoms with Gasteiger partial charge in [0.2, 0.25) is 0 Å². The van der Waals surface area contributed by atoms with Gasteiger partial charge in [0.15, 0.2) is 5.76 Å². The fourth-order valence-electron chi connectivity index (χ4n) is 0.441. The summed E-state index contributed by atoms with van der Waals surface area (Å²) in [5, 5.41) is 0. The van der Waals surface area contributed by atoms with E-state index in [1.807, 2.05) is 0 Å². The van der Waals surface area contributed by atoms with E-state index >= 15 is 0 Å². The highest BCUT2D eigenvalue weighted by Crippen LogP contribution is 2.02. The summed E-state index contributed by atoms with van der Waals surface area (Å²) in [7, 11) is 1.27. The van der Waals surface area contributed by atoms with Gasteiger partial charge in [-0.3, -0.25) is 0 Å². The summed E-state index contributed by atoms with van der Waals surface area (Å²) < 4.78 is 8.83. The number of ether oxygens (including phenoxy) is 2. The van der Waals surface area contributed by atoms with Crippen LogP contribution in [0, 0.1) is 0 Å². The van der Waals surface area contributed by atoms with Gasteiger partial charge < -0.3 is 9.47 Å². The molecule has 0 heterocycles. The molecule has 0 rings (SSSR count). The second kappa shape index (κ2) is 5.13. The molecule has 0 aromatic heterocycles. The van der Waals surface area contributed by atoms with Gasteiger partial charge in [-0.1, -0.05) is 13.5 Å². The first kappa shape index (κ1) is 11.4. The molecule has 0 radical (unpaired) electrons. The van der Waals surface area contributed by atoms with Gasteiger partial charge >= 0.3 is 11.9 Å². The minimum atomic E-state index is -0.887. The van der Waals surface area contributed by atoms with Crippen LogP contribution in [-0.4, -0.2) is 19.0 Å². The van der Waals surface area contributed by atoms with Gasteiger partial charge in [-0.25, -0.2) is 9.59 Å². The Morgan fingerprint density at radius 2 is 1.77 bits per heavy atom. The zero-order chi connectivity index (χ0) is 10.4. The van der Waals surface area contributed by atoms with Crippen molar-refractivity contribution in [2.75, 3.05) is 7.11 Å². The molecule has 0 spiro atoms. The van der Waals surface area contributed by atoms with Crippen LogP contribution >= 0.6 is 0 Å². The van der Waals surface area contributed by atoms with Crippen LogP contribution in [0.3, 0.4) is 0 Å². The predicted molar refractivity (Wildman–Crippen MR) is 46.7 cm³/mol. The Kier molecular flexibility index (Phi) is 4.51. The van der Waals surface area contributed by atoms with Gasteiger partial charge in [-0.2, -0.15) is 0 Å². The fraction of sp³-hybridized carbons (Fsp3) is 0.333. The first-order valence-corrected chi connectivity index (χ1v) is 3.70. The minimum absolute atomic E-state index is 0.211. The summed E-state index contributed by atoms with van der Waals surface area (Å²) in [6, 6.07) is 0. The Hall–Kier alpha value is -1.58. The molecular formula is C9H12O4. The summed E-state index contributed by atoms with van der Waals surface area (Å²) >= 11 is 0. The van der Waals surface area contributed by atoms with Gasteiger partial charge in [-0.05, 0) is 13.0 Å². The molecule has 0 aliphatic rings. The van der Waals surface area contributed by atoms with Crippen molar-refractivity contribution in [2.45, 2.75) is 13.3 Å². The van der Waals surface area contributed by atoms with Gasteiger partial charge in [0.1, 0.15) is 0 Å². The van der Waals surface area contributed by atoms with Gasteiger partial charge in [0.05, 0.1) is 7.11 Å². The third kappa shape index (κ3) is 3.55. The van der Waals surface area contributed by atoms with E-state index < -0.39 is 11.9 Å². The number of esters is 2. The molecular weight excluding hydrogens is 172 g/mol. The lowest BCUT2D eigenvalue weighted by Gasteiger charge is -2.04. The van der Waals surface area contributed by atoms with Gasteiger partial charge in [0, 0.05) is 5.57 Å². The Balaban J connectivity index is 4.15. The molecule has 0 saturated heterocycles. The topological polar surface area (TPSA) is 52.6 Å². The van der Waals surface area contributed by atoms with E-state index in [1.165, 1.54) is 7.11 Å². The van der Waals surface area contributed by atoms with Gasteiger partial charge in [-0.15, -0.1) is 0 Å². The molecule has 0 aliphatic heterocycles. The van der Waals surface area contributed by atoms with Crippen LogP contribution in [0.5, 0.6) is 0 Å². The second-order valence-corrected chi connectivity index (χ2v) is 2.26. The minimum Gasteiger partial charge on any atom is -0.490 e. The third-order valence-electron chi connectivity index (χ3n) is 1.37. The van der Waals surface area contributed by atoms with E-state index in [0.717, 1.165) is 0 Å². The number of rotatable bonds is 4. The highest BCUT2D eigenvalue weighted by Gasteiger charge is 2.15. The van der Waals surface area contributed by atoms with Gasteiger partial charge in [0.25, 0.3) is 0 Å². The molecule has 13 heavy (non-hydrogen) atoms. The first-order valence-electron chi connectivity index (χ1n) is 3.70. The lowest BCUT2D eigenvalue weighted by Crippen LogP contribution is -2.15. The van der Waals surface area contributed by atoms with E-state index in [4.69, 9.17) is 0 Å². The molecule has 4 heteroatoms. The van der Waals surface area contributed by atoms with Crippen LogP contribution in [0.4, 0.5) is 0 Å².